The van der Waals surface area contributed by atoms with Crippen LogP contribution in [0.2, 0.25) is 0 Å². The fourth-order valence-corrected chi connectivity index (χ4v) is 1.91. The molecular weight excluding hydrogens is 269 g/mol. The Hall–Kier alpha value is -0.360. The van der Waals surface area contributed by atoms with Crippen molar-refractivity contribution in [3.63, 3.8) is 0 Å². The van der Waals surface area contributed by atoms with Crippen LogP contribution in [0.15, 0.2) is 10.9 Å². The average Bonchev–Trinajstić information content (AvgIpc) is 2.71. The summed E-state index contributed by atoms with van der Waals surface area (Å²) >= 11 is 1.54. The summed E-state index contributed by atoms with van der Waals surface area (Å²) in [4.78, 5) is 17.5. The van der Waals surface area contributed by atoms with Crippen LogP contribution in [0.3, 0.4) is 0 Å². The summed E-state index contributed by atoms with van der Waals surface area (Å²) in [5.74, 6) is 0.0329. The summed E-state index contributed by atoms with van der Waals surface area (Å²) in [5.41, 5.74) is 7.94. The van der Waals surface area contributed by atoms with Crippen molar-refractivity contribution in [2.45, 2.75) is 24.9 Å². The maximum absolute atomic E-state index is 11.7. The third kappa shape index (κ3) is 3.31. The Morgan fingerprint density at radius 1 is 1.62 bits per heavy atom. The van der Waals surface area contributed by atoms with Crippen LogP contribution in [0.1, 0.15) is 18.5 Å². The smallest absolute Gasteiger partial charge is 0.242 e. The van der Waals surface area contributed by atoms with Crippen molar-refractivity contribution in [3.05, 3.63) is 16.6 Å². The molecule has 2 N–H and O–H groups in total. The molecule has 1 saturated carbocycles. The largest absolute Gasteiger partial charge is 0.338 e. The van der Waals surface area contributed by atoms with Gasteiger partial charge in [-0.3, -0.25) is 4.79 Å². The summed E-state index contributed by atoms with van der Waals surface area (Å²) < 4.78 is 0. The number of thiazole rings is 1. The summed E-state index contributed by atoms with van der Waals surface area (Å²) in [6.45, 7) is 0.557. The quantitative estimate of drug-likeness (QED) is 0.913. The van der Waals surface area contributed by atoms with Gasteiger partial charge in [0.2, 0.25) is 5.91 Å². The molecule has 0 unspecified atom stereocenters. The van der Waals surface area contributed by atoms with Crippen LogP contribution in [0, 0.1) is 0 Å². The minimum absolute atomic E-state index is 0. The standard InChI is InChI=1S/C9H13N3OS.2ClH/c1-12(4-7-5-14-6-11-7)8(13)9(10)2-3-9;;/h5-6H,2-4,10H2,1H3;2*1H. The molecule has 1 aliphatic carbocycles. The normalized spacial score (nSPS) is 15.6. The molecule has 4 nitrogen and oxygen atoms in total. The predicted octanol–water partition coefficient (Wildman–Crippen LogP) is 1.44. The lowest BCUT2D eigenvalue weighted by molar-refractivity contribution is -0.132. The summed E-state index contributed by atoms with van der Waals surface area (Å²) in [5, 5.41) is 1.94. The number of likely N-dealkylation sites (N-methyl/N-ethyl adjacent to an activating group) is 1. The van der Waals surface area contributed by atoms with Gasteiger partial charge in [0.1, 0.15) is 0 Å². The maximum Gasteiger partial charge on any atom is 0.242 e. The highest BCUT2D eigenvalue weighted by atomic mass is 35.5. The first kappa shape index (κ1) is 15.6. The van der Waals surface area contributed by atoms with Crippen molar-refractivity contribution >= 4 is 42.1 Å². The van der Waals surface area contributed by atoms with E-state index in [0.29, 0.717) is 6.54 Å². The number of hydrogen-bond acceptors (Lipinski definition) is 4. The number of amides is 1. The molecule has 7 heteroatoms. The van der Waals surface area contributed by atoms with Gasteiger partial charge >= 0.3 is 0 Å². The highest BCUT2D eigenvalue weighted by Crippen LogP contribution is 2.34. The van der Waals surface area contributed by atoms with Crippen LogP contribution in [0.5, 0.6) is 0 Å². The zero-order valence-electron chi connectivity index (χ0n) is 8.88. The summed E-state index contributed by atoms with van der Waals surface area (Å²) in [7, 11) is 1.77. The predicted molar refractivity (Wildman–Crippen MR) is 69.2 cm³/mol. The third-order valence-corrected chi connectivity index (χ3v) is 3.08. The molecule has 1 fully saturated rings. The lowest BCUT2D eigenvalue weighted by Crippen LogP contribution is -2.43. The van der Waals surface area contributed by atoms with E-state index in [1.807, 2.05) is 5.38 Å². The van der Waals surface area contributed by atoms with Crippen molar-refractivity contribution in [3.8, 4) is 0 Å². The van der Waals surface area contributed by atoms with E-state index in [2.05, 4.69) is 4.98 Å². The first-order valence-electron chi connectivity index (χ1n) is 4.53. The molecule has 1 heterocycles. The molecule has 0 spiro atoms. The third-order valence-electron chi connectivity index (χ3n) is 2.44. The molecule has 92 valence electrons. The van der Waals surface area contributed by atoms with Crippen molar-refractivity contribution in [2.24, 2.45) is 5.73 Å². The summed E-state index contributed by atoms with van der Waals surface area (Å²) in [6.07, 6.45) is 1.63. The highest BCUT2D eigenvalue weighted by Gasteiger charge is 2.47. The van der Waals surface area contributed by atoms with Gasteiger partial charge in [-0.1, -0.05) is 0 Å². The molecule has 0 saturated heterocycles. The Morgan fingerprint density at radius 3 is 2.69 bits per heavy atom. The van der Waals surface area contributed by atoms with Gasteiger partial charge in [-0.25, -0.2) is 4.98 Å². The highest BCUT2D eigenvalue weighted by molar-refractivity contribution is 7.07. The minimum atomic E-state index is -0.565. The topological polar surface area (TPSA) is 59.2 Å². The molecule has 1 aromatic rings. The lowest BCUT2D eigenvalue weighted by Gasteiger charge is -2.19. The van der Waals surface area contributed by atoms with Gasteiger partial charge in [0.15, 0.2) is 0 Å². The Kier molecular flexibility index (Phi) is 5.69. The first-order chi connectivity index (χ1) is 6.62. The molecule has 0 atom stereocenters. The van der Waals surface area contributed by atoms with E-state index in [0.717, 1.165) is 18.5 Å². The number of nitrogens with zero attached hydrogens (tertiary/aromatic N) is 2. The zero-order chi connectivity index (χ0) is 10.2. The second-order valence-electron chi connectivity index (χ2n) is 3.80. The fraction of sp³-hybridized carbons (Fsp3) is 0.556. The van der Waals surface area contributed by atoms with Crippen molar-refractivity contribution < 1.29 is 4.79 Å². The van der Waals surface area contributed by atoms with E-state index >= 15 is 0 Å². The van der Waals surface area contributed by atoms with E-state index in [1.54, 1.807) is 17.5 Å². The SMILES string of the molecule is CN(Cc1cscn1)C(=O)C1(N)CC1.Cl.Cl. The number of hydrogen-bond donors (Lipinski definition) is 1. The number of halogens is 2. The molecule has 0 aliphatic heterocycles. The molecule has 16 heavy (non-hydrogen) atoms. The number of carbonyl (C=O) groups is 1. The molecule has 0 radical (unpaired) electrons. The monoisotopic (exact) mass is 283 g/mol. The number of nitrogens with two attached hydrogens (primary N) is 1. The van der Waals surface area contributed by atoms with Crippen molar-refractivity contribution in [1.29, 1.82) is 0 Å². The van der Waals surface area contributed by atoms with E-state index < -0.39 is 5.54 Å². The van der Waals surface area contributed by atoms with E-state index in [1.165, 1.54) is 11.3 Å². The molecule has 0 aromatic carbocycles. The van der Waals surface area contributed by atoms with Crippen LogP contribution in [-0.4, -0.2) is 28.4 Å². The van der Waals surface area contributed by atoms with Crippen LogP contribution in [0.25, 0.3) is 0 Å². The molecular formula is C9H15Cl2N3OS. The lowest BCUT2D eigenvalue weighted by atomic mass is 10.2. The van der Waals surface area contributed by atoms with Gasteiger partial charge in [-0.15, -0.1) is 36.2 Å². The van der Waals surface area contributed by atoms with Gasteiger partial charge in [0, 0.05) is 12.4 Å². The van der Waals surface area contributed by atoms with Crippen LogP contribution >= 0.6 is 36.2 Å². The Labute approximate surface area is 111 Å². The van der Waals surface area contributed by atoms with Gasteiger partial charge in [-0.2, -0.15) is 0 Å². The Balaban J connectivity index is 0.00000112. The average molecular weight is 284 g/mol. The first-order valence-corrected chi connectivity index (χ1v) is 5.48. The van der Waals surface area contributed by atoms with Gasteiger partial charge in [0.05, 0.1) is 23.3 Å². The van der Waals surface area contributed by atoms with Gasteiger partial charge in [0.25, 0.3) is 0 Å². The van der Waals surface area contributed by atoms with Gasteiger partial charge < -0.3 is 10.6 Å². The van der Waals surface area contributed by atoms with Crippen LogP contribution < -0.4 is 5.73 Å². The second-order valence-corrected chi connectivity index (χ2v) is 4.52. The zero-order valence-corrected chi connectivity index (χ0v) is 11.3. The molecule has 1 aliphatic rings. The maximum atomic E-state index is 11.7. The Morgan fingerprint density at radius 2 is 2.25 bits per heavy atom. The molecule has 2 rings (SSSR count). The molecule has 1 aromatic heterocycles. The van der Waals surface area contributed by atoms with Crippen LogP contribution in [-0.2, 0) is 11.3 Å². The van der Waals surface area contributed by atoms with Gasteiger partial charge in [-0.05, 0) is 12.8 Å². The number of aromatic nitrogens is 1. The Bertz CT molecular complexity index is 341. The number of carbonyl (C=O) groups excluding carboxylic acids is 1. The van der Waals surface area contributed by atoms with Crippen molar-refractivity contribution in [1.82, 2.24) is 9.88 Å². The number of rotatable bonds is 3. The second kappa shape index (κ2) is 5.82. The van der Waals surface area contributed by atoms with Crippen molar-refractivity contribution in [2.75, 3.05) is 7.05 Å². The minimum Gasteiger partial charge on any atom is -0.338 e. The van der Waals surface area contributed by atoms with E-state index in [9.17, 15) is 4.79 Å². The summed E-state index contributed by atoms with van der Waals surface area (Å²) in [6, 6.07) is 0. The molecule has 0 bridgehead atoms. The van der Waals surface area contributed by atoms with Crippen LogP contribution in [0.4, 0.5) is 0 Å². The van der Waals surface area contributed by atoms with E-state index in [4.69, 9.17) is 5.73 Å². The fourth-order valence-electron chi connectivity index (χ4n) is 1.36. The van der Waals surface area contributed by atoms with E-state index in [-0.39, 0.29) is 30.7 Å². The molecule has 1 amide bonds.